The van der Waals surface area contributed by atoms with Gasteiger partial charge in [0.15, 0.2) is 0 Å². The summed E-state index contributed by atoms with van der Waals surface area (Å²) in [6, 6.07) is 17.0. The van der Waals surface area contributed by atoms with Crippen LogP contribution < -0.4 is 5.32 Å². The van der Waals surface area contributed by atoms with E-state index in [0.717, 1.165) is 10.0 Å². The standard InChI is InChI=1S/C15H13BrClNO/c16-13-9-5-4-8-12(13)15(19)18-10-14(17)11-6-2-1-3-7-11/h1-9,14H,10H2,(H,18,19). The van der Waals surface area contributed by atoms with Crippen molar-refractivity contribution < 1.29 is 4.79 Å². The lowest BCUT2D eigenvalue weighted by Gasteiger charge is -2.11. The summed E-state index contributed by atoms with van der Waals surface area (Å²) >= 11 is 9.61. The number of amides is 1. The topological polar surface area (TPSA) is 29.1 Å². The number of carbonyl (C=O) groups is 1. The molecule has 0 aliphatic carbocycles. The van der Waals surface area contributed by atoms with Gasteiger partial charge in [0, 0.05) is 11.0 Å². The van der Waals surface area contributed by atoms with Crippen molar-refractivity contribution in [1.82, 2.24) is 5.32 Å². The summed E-state index contributed by atoms with van der Waals surface area (Å²) in [6.45, 7) is 0.395. The molecule has 1 N–H and O–H groups in total. The largest absolute Gasteiger partial charge is 0.350 e. The maximum absolute atomic E-state index is 12.0. The molecule has 1 atom stereocenters. The Hall–Kier alpha value is -1.32. The first kappa shape index (κ1) is 14.1. The van der Waals surface area contributed by atoms with Crippen LogP contribution in [0.15, 0.2) is 59.1 Å². The maximum atomic E-state index is 12.0. The van der Waals surface area contributed by atoms with Crippen molar-refractivity contribution >= 4 is 33.4 Å². The van der Waals surface area contributed by atoms with Gasteiger partial charge in [-0.25, -0.2) is 0 Å². The summed E-state index contributed by atoms with van der Waals surface area (Å²) < 4.78 is 0.776. The molecule has 2 nitrogen and oxygen atoms in total. The van der Waals surface area contributed by atoms with Gasteiger partial charge in [0.2, 0.25) is 0 Å². The third-order valence-electron chi connectivity index (χ3n) is 2.72. The Labute approximate surface area is 125 Å². The van der Waals surface area contributed by atoms with Crippen LogP contribution in [-0.2, 0) is 0 Å². The van der Waals surface area contributed by atoms with Gasteiger partial charge in [0.25, 0.3) is 5.91 Å². The van der Waals surface area contributed by atoms with E-state index < -0.39 is 0 Å². The van der Waals surface area contributed by atoms with Gasteiger partial charge in [-0.3, -0.25) is 4.79 Å². The molecule has 0 saturated carbocycles. The highest BCUT2D eigenvalue weighted by Crippen LogP contribution is 2.20. The molecule has 19 heavy (non-hydrogen) atoms. The molecule has 98 valence electrons. The maximum Gasteiger partial charge on any atom is 0.252 e. The summed E-state index contributed by atoms with van der Waals surface area (Å²) in [5.74, 6) is -0.131. The molecule has 0 bridgehead atoms. The zero-order valence-electron chi connectivity index (χ0n) is 10.1. The van der Waals surface area contributed by atoms with E-state index in [4.69, 9.17) is 11.6 Å². The Morgan fingerprint density at radius 3 is 2.42 bits per heavy atom. The molecule has 0 aliphatic rings. The molecular weight excluding hydrogens is 326 g/mol. The molecule has 2 aromatic rings. The molecule has 2 aromatic carbocycles. The minimum Gasteiger partial charge on any atom is -0.350 e. The number of benzene rings is 2. The minimum atomic E-state index is -0.229. The molecule has 0 heterocycles. The van der Waals surface area contributed by atoms with Crippen LogP contribution in [0.5, 0.6) is 0 Å². The Morgan fingerprint density at radius 2 is 1.74 bits per heavy atom. The van der Waals surface area contributed by atoms with Gasteiger partial charge in [0.05, 0.1) is 10.9 Å². The van der Waals surface area contributed by atoms with E-state index >= 15 is 0 Å². The first-order valence-electron chi connectivity index (χ1n) is 5.90. The van der Waals surface area contributed by atoms with Gasteiger partial charge in [-0.05, 0) is 33.6 Å². The zero-order chi connectivity index (χ0) is 13.7. The first-order chi connectivity index (χ1) is 9.18. The van der Waals surface area contributed by atoms with E-state index in [1.54, 1.807) is 6.07 Å². The van der Waals surface area contributed by atoms with Crippen LogP contribution in [0.25, 0.3) is 0 Å². The van der Waals surface area contributed by atoms with E-state index in [2.05, 4.69) is 21.2 Å². The second-order valence-corrected chi connectivity index (χ2v) is 5.45. The summed E-state index contributed by atoms with van der Waals surface area (Å²) in [6.07, 6.45) is 0. The van der Waals surface area contributed by atoms with Crippen molar-refractivity contribution in [1.29, 1.82) is 0 Å². The number of alkyl halides is 1. The lowest BCUT2D eigenvalue weighted by Crippen LogP contribution is -2.27. The van der Waals surface area contributed by atoms with E-state index in [1.165, 1.54) is 0 Å². The number of halogens is 2. The Morgan fingerprint density at radius 1 is 1.11 bits per heavy atom. The Bertz CT molecular complexity index is 559. The van der Waals surface area contributed by atoms with Crippen molar-refractivity contribution in [2.24, 2.45) is 0 Å². The normalized spacial score (nSPS) is 11.9. The van der Waals surface area contributed by atoms with Crippen molar-refractivity contribution in [2.75, 3.05) is 6.54 Å². The second-order valence-electron chi connectivity index (χ2n) is 4.07. The highest BCUT2D eigenvalue weighted by molar-refractivity contribution is 9.10. The van der Waals surface area contributed by atoms with Crippen LogP contribution >= 0.6 is 27.5 Å². The van der Waals surface area contributed by atoms with Crippen molar-refractivity contribution in [2.45, 2.75) is 5.38 Å². The lowest BCUT2D eigenvalue weighted by atomic mass is 10.1. The molecule has 0 aromatic heterocycles. The number of carbonyl (C=O) groups excluding carboxylic acids is 1. The van der Waals surface area contributed by atoms with Crippen molar-refractivity contribution in [3.05, 3.63) is 70.2 Å². The van der Waals surface area contributed by atoms with Gasteiger partial charge < -0.3 is 5.32 Å². The van der Waals surface area contributed by atoms with Crippen LogP contribution in [0, 0.1) is 0 Å². The predicted octanol–water partition coefficient (Wildman–Crippen LogP) is 4.16. The Kier molecular flexibility index (Phi) is 5.00. The molecule has 0 fully saturated rings. The smallest absolute Gasteiger partial charge is 0.252 e. The molecular formula is C15H13BrClNO. The monoisotopic (exact) mass is 337 g/mol. The molecule has 1 unspecified atom stereocenters. The third kappa shape index (κ3) is 3.82. The molecule has 0 aliphatic heterocycles. The fourth-order valence-electron chi connectivity index (χ4n) is 1.70. The summed E-state index contributed by atoms with van der Waals surface area (Å²) in [4.78, 5) is 12.0. The first-order valence-corrected chi connectivity index (χ1v) is 7.13. The molecule has 2 rings (SSSR count). The Balaban J connectivity index is 1.96. The summed E-state index contributed by atoms with van der Waals surface area (Å²) in [7, 11) is 0. The molecule has 0 radical (unpaired) electrons. The van der Waals surface area contributed by atoms with E-state index in [-0.39, 0.29) is 11.3 Å². The van der Waals surface area contributed by atoms with Crippen LogP contribution in [0.4, 0.5) is 0 Å². The second kappa shape index (κ2) is 6.73. The van der Waals surface area contributed by atoms with Crippen LogP contribution in [-0.4, -0.2) is 12.5 Å². The minimum absolute atomic E-state index is 0.131. The highest BCUT2D eigenvalue weighted by atomic mass is 79.9. The average Bonchev–Trinajstić information content (AvgIpc) is 2.46. The fourth-order valence-corrected chi connectivity index (χ4v) is 2.39. The summed E-state index contributed by atoms with van der Waals surface area (Å²) in [5.41, 5.74) is 1.61. The van der Waals surface area contributed by atoms with E-state index in [0.29, 0.717) is 12.1 Å². The number of rotatable bonds is 4. The van der Waals surface area contributed by atoms with Gasteiger partial charge >= 0.3 is 0 Å². The zero-order valence-corrected chi connectivity index (χ0v) is 12.5. The fraction of sp³-hybridized carbons (Fsp3) is 0.133. The number of hydrogen-bond donors (Lipinski definition) is 1. The van der Waals surface area contributed by atoms with Crippen LogP contribution in [0.3, 0.4) is 0 Å². The van der Waals surface area contributed by atoms with E-state index in [1.807, 2.05) is 48.5 Å². The average molecular weight is 339 g/mol. The SMILES string of the molecule is O=C(NCC(Cl)c1ccccc1)c1ccccc1Br. The predicted molar refractivity (Wildman–Crippen MR) is 81.5 cm³/mol. The quantitative estimate of drug-likeness (QED) is 0.833. The van der Waals surface area contributed by atoms with Gasteiger partial charge in [0.1, 0.15) is 0 Å². The number of nitrogens with one attached hydrogen (secondary N) is 1. The summed E-state index contributed by atoms with van der Waals surface area (Å²) in [5, 5.41) is 2.61. The van der Waals surface area contributed by atoms with Gasteiger partial charge in [-0.2, -0.15) is 0 Å². The van der Waals surface area contributed by atoms with Crippen molar-refractivity contribution in [3.63, 3.8) is 0 Å². The molecule has 1 amide bonds. The van der Waals surface area contributed by atoms with Crippen LogP contribution in [0.1, 0.15) is 21.3 Å². The third-order valence-corrected chi connectivity index (χ3v) is 3.82. The van der Waals surface area contributed by atoms with Crippen LogP contribution in [0.2, 0.25) is 0 Å². The number of hydrogen-bond acceptors (Lipinski definition) is 1. The molecule has 0 saturated heterocycles. The lowest BCUT2D eigenvalue weighted by molar-refractivity contribution is 0.0953. The van der Waals surface area contributed by atoms with Gasteiger partial charge in [-0.1, -0.05) is 42.5 Å². The highest BCUT2D eigenvalue weighted by Gasteiger charge is 2.12. The van der Waals surface area contributed by atoms with E-state index in [9.17, 15) is 4.79 Å². The van der Waals surface area contributed by atoms with Gasteiger partial charge in [-0.15, -0.1) is 11.6 Å². The molecule has 4 heteroatoms. The van der Waals surface area contributed by atoms with Crippen molar-refractivity contribution in [3.8, 4) is 0 Å². The molecule has 0 spiro atoms.